The van der Waals surface area contributed by atoms with Gasteiger partial charge in [0.15, 0.2) is 0 Å². The molecule has 2 nitrogen and oxygen atoms in total. The van der Waals surface area contributed by atoms with Gasteiger partial charge in [0.25, 0.3) is 0 Å². The summed E-state index contributed by atoms with van der Waals surface area (Å²) in [6, 6.07) is 10.3. The number of nitrogens with one attached hydrogen (secondary N) is 1. The van der Waals surface area contributed by atoms with Crippen LogP contribution in [0.3, 0.4) is 0 Å². The van der Waals surface area contributed by atoms with E-state index in [0.29, 0.717) is 0 Å². The molecule has 2 atom stereocenters. The summed E-state index contributed by atoms with van der Waals surface area (Å²) in [5.41, 5.74) is 1.19. The van der Waals surface area contributed by atoms with Crippen LogP contribution < -0.4 is 5.32 Å². The minimum atomic E-state index is -0.226. The van der Waals surface area contributed by atoms with Crippen molar-refractivity contribution in [3.63, 3.8) is 0 Å². The highest BCUT2D eigenvalue weighted by Crippen LogP contribution is 2.22. The smallest absolute Gasteiger partial charge is 0.0735 e. The quantitative estimate of drug-likeness (QED) is 0.747. The lowest BCUT2D eigenvalue weighted by Gasteiger charge is -2.29. The van der Waals surface area contributed by atoms with Gasteiger partial charge in [0.05, 0.1) is 12.1 Å². The second-order valence-corrected chi connectivity index (χ2v) is 3.55. The summed E-state index contributed by atoms with van der Waals surface area (Å²) in [4.78, 5) is 0. The van der Waals surface area contributed by atoms with Gasteiger partial charge in [0, 0.05) is 0 Å². The first kappa shape index (κ1) is 11.5. The van der Waals surface area contributed by atoms with E-state index in [2.05, 4.69) is 17.4 Å². The number of piperidine rings is 1. The minimum Gasteiger partial charge on any atom is -0.391 e. The van der Waals surface area contributed by atoms with Gasteiger partial charge in [0.1, 0.15) is 0 Å². The zero-order chi connectivity index (χ0) is 9.10. The van der Waals surface area contributed by atoms with Crippen molar-refractivity contribution < 1.29 is 5.11 Å². The predicted molar refractivity (Wildman–Crippen MR) is 59.7 cm³/mol. The van der Waals surface area contributed by atoms with Crippen LogP contribution in [0.4, 0.5) is 0 Å². The third kappa shape index (κ3) is 2.47. The molecule has 0 aromatic heterocycles. The molecule has 0 spiro atoms. The highest BCUT2D eigenvalue weighted by atomic mass is 35.5. The first-order valence-corrected chi connectivity index (χ1v) is 4.84. The largest absolute Gasteiger partial charge is 0.391 e. The van der Waals surface area contributed by atoms with Crippen molar-refractivity contribution in [3.8, 4) is 0 Å². The van der Waals surface area contributed by atoms with Crippen LogP contribution in [0.5, 0.6) is 0 Å². The predicted octanol–water partition coefficient (Wildman–Crippen LogP) is 1.89. The van der Waals surface area contributed by atoms with Gasteiger partial charge in [-0.25, -0.2) is 0 Å². The molecule has 0 unspecified atom stereocenters. The molecule has 3 heteroatoms. The maximum atomic E-state index is 9.76. The normalized spacial score (nSPS) is 26.6. The number of hydrogen-bond acceptors (Lipinski definition) is 2. The van der Waals surface area contributed by atoms with Gasteiger partial charge >= 0.3 is 0 Å². The van der Waals surface area contributed by atoms with E-state index in [1.54, 1.807) is 0 Å². The highest BCUT2D eigenvalue weighted by Gasteiger charge is 2.23. The molecule has 1 heterocycles. The molecule has 1 aliphatic rings. The Bertz CT molecular complexity index is 265. The molecule has 1 aromatic rings. The second kappa shape index (κ2) is 5.35. The molecule has 0 radical (unpaired) electrons. The van der Waals surface area contributed by atoms with Crippen molar-refractivity contribution in [2.24, 2.45) is 0 Å². The number of halogens is 1. The van der Waals surface area contributed by atoms with Gasteiger partial charge < -0.3 is 10.4 Å². The molecule has 0 saturated carbocycles. The lowest BCUT2D eigenvalue weighted by Crippen LogP contribution is -2.37. The zero-order valence-electron chi connectivity index (χ0n) is 8.02. The summed E-state index contributed by atoms with van der Waals surface area (Å²) in [7, 11) is 0. The van der Waals surface area contributed by atoms with Crippen molar-refractivity contribution in [1.29, 1.82) is 0 Å². The van der Waals surface area contributed by atoms with Gasteiger partial charge in [-0.3, -0.25) is 0 Å². The summed E-state index contributed by atoms with van der Waals surface area (Å²) in [5, 5.41) is 13.1. The Morgan fingerprint density at radius 2 is 1.93 bits per heavy atom. The van der Waals surface area contributed by atoms with Crippen LogP contribution in [0.25, 0.3) is 0 Å². The monoisotopic (exact) mass is 213 g/mol. The van der Waals surface area contributed by atoms with Gasteiger partial charge in [-0.15, -0.1) is 12.4 Å². The number of hydrogen-bond donors (Lipinski definition) is 2. The molecule has 2 rings (SSSR count). The van der Waals surface area contributed by atoms with Crippen LogP contribution in [0, 0.1) is 0 Å². The summed E-state index contributed by atoms with van der Waals surface area (Å²) in [5.74, 6) is 0. The van der Waals surface area contributed by atoms with E-state index in [1.807, 2.05) is 18.2 Å². The molecule has 1 aromatic carbocycles. The highest BCUT2D eigenvalue weighted by molar-refractivity contribution is 5.85. The number of aliphatic hydroxyl groups is 1. The van der Waals surface area contributed by atoms with Crippen molar-refractivity contribution in [2.45, 2.75) is 25.0 Å². The van der Waals surface area contributed by atoms with Gasteiger partial charge in [0.2, 0.25) is 0 Å². The molecule has 78 valence electrons. The topological polar surface area (TPSA) is 32.3 Å². The number of benzene rings is 1. The molecule has 1 fully saturated rings. The van der Waals surface area contributed by atoms with Crippen molar-refractivity contribution in [1.82, 2.24) is 5.32 Å². The molecule has 1 aliphatic heterocycles. The SMILES string of the molecule is Cl.O[C@@H]1CCCN[C@@H]1c1ccccc1. The minimum absolute atomic E-state index is 0. The fourth-order valence-corrected chi connectivity index (χ4v) is 1.87. The third-order valence-electron chi connectivity index (χ3n) is 2.58. The van der Waals surface area contributed by atoms with Crippen molar-refractivity contribution >= 4 is 12.4 Å². The third-order valence-corrected chi connectivity index (χ3v) is 2.58. The van der Waals surface area contributed by atoms with E-state index >= 15 is 0 Å². The summed E-state index contributed by atoms with van der Waals surface area (Å²) < 4.78 is 0. The second-order valence-electron chi connectivity index (χ2n) is 3.55. The Labute approximate surface area is 90.7 Å². The lowest BCUT2D eigenvalue weighted by molar-refractivity contribution is 0.0965. The first-order valence-electron chi connectivity index (χ1n) is 4.84. The molecule has 1 saturated heterocycles. The van der Waals surface area contributed by atoms with Crippen LogP contribution in [-0.4, -0.2) is 17.8 Å². The molecule has 2 N–H and O–H groups in total. The van der Waals surface area contributed by atoms with E-state index in [9.17, 15) is 5.11 Å². The standard InChI is InChI=1S/C11H15NO.ClH/c13-10-7-4-8-12-11(10)9-5-2-1-3-6-9;/h1-3,5-6,10-13H,4,7-8H2;1H/t10-,11-;/m1./s1. The van der Waals surface area contributed by atoms with Crippen LogP contribution >= 0.6 is 12.4 Å². The first-order chi connectivity index (χ1) is 6.38. The van der Waals surface area contributed by atoms with Crippen molar-refractivity contribution in [3.05, 3.63) is 35.9 Å². The molecule has 14 heavy (non-hydrogen) atoms. The Morgan fingerprint density at radius 1 is 1.21 bits per heavy atom. The van der Waals surface area contributed by atoms with E-state index < -0.39 is 0 Å². The summed E-state index contributed by atoms with van der Waals surface area (Å²) in [6.07, 6.45) is 1.76. The van der Waals surface area contributed by atoms with Gasteiger partial charge in [-0.05, 0) is 24.9 Å². The maximum Gasteiger partial charge on any atom is 0.0735 e. The number of aliphatic hydroxyl groups excluding tert-OH is 1. The average molecular weight is 214 g/mol. The summed E-state index contributed by atoms with van der Waals surface area (Å²) >= 11 is 0. The van der Waals surface area contributed by atoms with Crippen LogP contribution in [0.2, 0.25) is 0 Å². The van der Waals surface area contributed by atoms with Crippen LogP contribution in [0.1, 0.15) is 24.4 Å². The Balaban J connectivity index is 0.000000980. The number of rotatable bonds is 1. The maximum absolute atomic E-state index is 9.76. The molecular formula is C11H16ClNO. The van der Waals surface area contributed by atoms with E-state index in [4.69, 9.17) is 0 Å². The van der Waals surface area contributed by atoms with Gasteiger partial charge in [-0.1, -0.05) is 30.3 Å². The Kier molecular flexibility index (Phi) is 4.39. The lowest BCUT2D eigenvalue weighted by atomic mass is 9.95. The average Bonchev–Trinajstić information content (AvgIpc) is 2.20. The van der Waals surface area contributed by atoms with E-state index in [0.717, 1.165) is 19.4 Å². The molecule has 0 aliphatic carbocycles. The zero-order valence-corrected chi connectivity index (χ0v) is 8.83. The van der Waals surface area contributed by atoms with E-state index in [1.165, 1.54) is 5.56 Å². The molecule has 0 bridgehead atoms. The van der Waals surface area contributed by atoms with E-state index in [-0.39, 0.29) is 24.6 Å². The van der Waals surface area contributed by atoms with Crippen LogP contribution in [-0.2, 0) is 0 Å². The molecule has 0 amide bonds. The fraction of sp³-hybridized carbons (Fsp3) is 0.455. The van der Waals surface area contributed by atoms with Gasteiger partial charge in [-0.2, -0.15) is 0 Å². The van der Waals surface area contributed by atoms with Crippen LogP contribution in [0.15, 0.2) is 30.3 Å². The summed E-state index contributed by atoms with van der Waals surface area (Å²) in [6.45, 7) is 1.01. The Hall–Kier alpha value is -0.570. The Morgan fingerprint density at radius 3 is 2.57 bits per heavy atom. The van der Waals surface area contributed by atoms with Crippen molar-refractivity contribution in [2.75, 3.05) is 6.54 Å². The fourth-order valence-electron chi connectivity index (χ4n) is 1.87. The molecular weight excluding hydrogens is 198 g/mol.